The molecule has 0 spiro atoms. The van der Waals surface area contributed by atoms with Crippen molar-refractivity contribution in [1.29, 1.82) is 5.26 Å². The number of nitrogens with zero attached hydrogens (tertiary/aromatic N) is 2. The SMILES string of the molecule is C[C@H](O)c1ccc(N2CCOC(C#N)C2)c(F)c1. The molecular formula is C13H15FN2O2. The van der Waals surface area contributed by atoms with Gasteiger partial charge in [-0.2, -0.15) is 5.26 Å². The molecule has 18 heavy (non-hydrogen) atoms. The van der Waals surface area contributed by atoms with Gasteiger partial charge in [-0.05, 0) is 24.6 Å². The second-order valence-corrected chi connectivity index (χ2v) is 4.32. The molecule has 1 aliphatic rings. The number of nitriles is 1. The first kappa shape index (κ1) is 12.8. The Morgan fingerprint density at radius 2 is 2.39 bits per heavy atom. The van der Waals surface area contributed by atoms with Crippen LogP contribution < -0.4 is 4.90 Å². The quantitative estimate of drug-likeness (QED) is 0.866. The molecule has 5 heteroatoms. The lowest BCUT2D eigenvalue weighted by Crippen LogP contribution is -2.42. The van der Waals surface area contributed by atoms with E-state index in [1.54, 1.807) is 24.0 Å². The zero-order chi connectivity index (χ0) is 13.1. The van der Waals surface area contributed by atoms with Crippen molar-refractivity contribution < 1.29 is 14.2 Å². The predicted octanol–water partition coefficient (Wildman–Crippen LogP) is 1.61. The van der Waals surface area contributed by atoms with Crippen LogP contribution in [0.1, 0.15) is 18.6 Å². The molecule has 1 N–H and O–H groups in total. The van der Waals surface area contributed by atoms with Gasteiger partial charge < -0.3 is 14.7 Å². The van der Waals surface area contributed by atoms with Crippen LogP contribution in [0.25, 0.3) is 0 Å². The van der Waals surface area contributed by atoms with E-state index in [9.17, 15) is 9.50 Å². The van der Waals surface area contributed by atoms with Gasteiger partial charge in [0.1, 0.15) is 5.82 Å². The van der Waals surface area contributed by atoms with Crippen LogP contribution in [0.4, 0.5) is 10.1 Å². The van der Waals surface area contributed by atoms with Gasteiger partial charge in [0.25, 0.3) is 0 Å². The fourth-order valence-electron chi connectivity index (χ4n) is 1.99. The number of benzene rings is 1. The number of hydrogen-bond acceptors (Lipinski definition) is 4. The maximum Gasteiger partial charge on any atom is 0.161 e. The van der Waals surface area contributed by atoms with Crippen molar-refractivity contribution in [2.45, 2.75) is 19.1 Å². The average Bonchev–Trinajstić information content (AvgIpc) is 2.38. The molecule has 0 aliphatic carbocycles. The van der Waals surface area contributed by atoms with Gasteiger partial charge >= 0.3 is 0 Å². The van der Waals surface area contributed by atoms with Crippen LogP contribution in [-0.4, -0.2) is 30.9 Å². The van der Waals surface area contributed by atoms with E-state index >= 15 is 0 Å². The third kappa shape index (κ3) is 2.61. The Morgan fingerprint density at radius 3 is 3.00 bits per heavy atom. The van der Waals surface area contributed by atoms with E-state index in [4.69, 9.17) is 10.00 Å². The number of morpholine rings is 1. The Bertz CT molecular complexity index is 471. The van der Waals surface area contributed by atoms with Crippen molar-refractivity contribution in [2.24, 2.45) is 0 Å². The van der Waals surface area contributed by atoms with Gasteiger partial charge in [0, 0.05) is 6.54 Å². The highest BCUT2D eigenvalue weighted by atomic mass is 19.1. The number of rotatable bonds is 2. The van der Waals surface area contributed by atoms with Crippen LogP contribution >= 0.6 is 0 Å². The number of halogens is 1. The van der Waals surface area contributed by atoms with Crippen LogP contribution in [0.3, 0.4) is 0 Å². The molecule has 0 amide bonds. The summed E-state index contributed by atoms with van der Waals surface area (Å²) in [6.07, 6.45) is -1.21. The summed E-state index contributed by atoms with van der Waals surface area (Å²) in [5.74, 6) is -0.382. The Labute approximate surface area is 105 Å². The summed E-state index contributed by atoms with van der Waals surface area (Å²) >= 11 is 0. The molecule has 2 atom stereocenters. The maximum absolute atomic E-state index is 13.9. The lowest BCUT2D eigenvalue weighted by atomic mass is 10.1. The van der Waals surface area contributed by atoms with E-state index in [2.05, 4.69) is 0 Å². The van der Waals surface area contributed by atoms with Gasteiger partial charge in [0.2, 0.25) is 0 Å². The van der Waals surface area contributed by atoms with Gasteiger partial charge in [-0.3, -0.25) is 0 Å². The molecule has 96 valence electrons. The van der Waals surface area contributed by atoms with Crippen molar-refractivity contribution in [3.8, 4) is 6.07 Å². The molecule has 0 bridgehead atoms. The number of aliphatic hydroxyl groups is 1. The average molecular weight is 250 g/mol. The van der Waals surface area contributed by atoms with E-state index < -0.39 is 12.2 Å². The Morgan fingerprint density at radius 1 is 1.61 bits per heavy atom. The van der Waals surface area contributed by atoms with E-state index in [1.165, 1.54) is 6.07 Å². The zero-order valence-electron chi connectivity index (χ0n) is 10.1. The van der Waals surface area contributed by atoms with Crippen molar-refractivity contribution in [3.63, 3.8) is 0 Å². The van der Waals surface area contributed by atoms with Crippen molar-refractivity contribution in [1.82, 2.24) is 0 Å². The smallest absolute Gasteiger partial charge is 0.161 e. The molecule has 1 saturated heterocycles. The molecule has 1 aromatic rings. The van der Waals surface area contributed by atoms with E-state index in [1.807, 2.05) is 6.07 Å². The summed E-state index contributed by atoms with van der Waals surface area (Å²) in [6, 6.07) is 6.69. The highest BCUT2D eigenvalue weighted by Crippen LogP contribution is 2.25. The van der Waals surface area contributed by atoms with Gasteiger partial charge in [0.15, 0.2) is 6.10 Å². The second-order valence-electron chi connectivity index (χ2n) is 4.32. The summed E-state index contributed by atoms with van der Waals surface area (Å²) in [5.41, 5.74) is 0.990. The van der Waals surface area contributed by atoms with Gasteiger partial charge in [-0.25, -0.2) is 4.39 Å². The maximum atomic E-state index is 13.9. The minimum Gasteiger partial charge on any atom is -0.389 e. The van der Waals surface area contributed by atoms with Crippen LogP contribution in [-0.2, 0) is 4.74 Å². The molecule has 1 aliphatic heterocycles. The Kier molecular flexibility index (Phi) is 3.80. The summed E-state index contributed by atoms with van der Waals surface area (Å²) < 4.78 is 19.2. The van der Waals surface area contributed by atoms with Gasteiger partial charge in [0.05, 0.1) is 31.0 Å². The summed E-state index contributed by atoms with van der Waals surface area (Å²) in [5, 5.41) is 18.2. The number of aliphatic hydroxyl groups excluding tert-OH is 1. The summed E-state index contributed by atoms with van der Waals surface area (Å²) in [4.78, 5) is 1.79. The van der Waals surface area contributed by atoms with Gasteiger partial charge in [-0.1, -0.05) is 6.07 Å². The molecule has 4 nitrogen and oxygen atoms in total. The largest absolute Gasteiger partial charge is 0.389 e. The molecule has 0 saturated carbocycles. The summed E-state index contributed by atoms with van der Waals surface area (Å²) in [6.45, 7) is 2.93. The fourth-order valence-corrected chi connectivity index (χ4v) is 1.99. The fraction of sp³-hybridized carbons (Fsp3) is 0.462. The van der Waals surface area contributed by atoms with Crippen molar-refractivity contribution in [2.75, 3.05) is 24.6 Å². The molecular weight excluding hydrogens is 235 g/mol. The Balaban J connectivity index is 2.21. The lowest BCUT2D eigenvalue weighted by molar-refractivity contribution is 0.0762. The molecule has 0 aromatic heterocycles. The first-order valence-electron chi connectivity index (χ1n) is 5.85. The third-order valence-corrected chi connectivity index (χ3v) is 3.01. The van der Waals surface area contributed by atoms with Crippen molar-refractivity contribution in [3.05, 3.63) is 29.6 Å². The standard InChI is InChI=1S/C13H15FN2O2/c1-9(17)10-2-3-13(12(14)6-10)16-4-5-18-11(7-15)8-16/h2-3,6,9,11,17H,4-5,8H2,1H3/t9-,11?/m0/s1. The van der Waals surface area contributed by atoms with E-state index in [0.29, 0.717) is 30.9 Å². The molecule has 1 unspecified atom stereocenters. The first-order chi connectivity index (χ1) is 8.61. The number of ether oxygens (including phenoxy) is 1. The molecule has 1 aromatic carbocycles. The Hall–Kier alpha value is -1.64. The highest BCUT2D eigenvalue weighted by molar-refractivity contribution is 5.50. The topological polar surface area (TPSA) is 56.5 Å². The van der Waals surface area contributed by atoms with Crippen LogP contribution in [0.2, 0.25) is 0 Å². The van der Waals surface area contributed by atoms with E-state index in [-0.39, 0.29) is 5.82 Å². The summed E-state index contributed by atoms with van der Waals surface area (Å²) in [7, 11) is 0. The first-order valence-corrected chi connectivity index (χ1v) is 5.85. The molecule has 1 heterocycles. The molecule has 0 radical (unpaired) electrons. The number of anilines is 1. The monoisotopic (exact) mass is 250 g/mol. The van der Waals surface area contributed by atoms with Gasteiger partial charge in [-0.15, -0.1) is 0 Å². The second kappa shape index (κ2) is 5.34. The zero-order valence-corrected chi connectivity index (χ0v) is 10.1. The van der Waals surface area contributed by atoms with Crippen LogP contribution in [0, 0.1) is 17.1 Å². The normalized spacial score (nSPS) is 21.4. The number of hydrogen-bond donors (Lipinski definition) is 1. The molecule has 2 rings (SSSR count). The van der Waals surface area contributed by atoms with E-state index in [0.717, 1.165) is 0 Å². The minimum atomic E-state index is -0.690. The minimum absolute atomic E-state index is 0.363. The van der Waals surface area contributed by atoms with Crippen LogP contribution in [0.5, 0.6) is 0 Å². The lowest BCUT2D eigenvalue weighted by Gasteiger charge is -2.32. The molecule has 1 fully saturated rings. The predicted molar refractivity (Wildman–Crippen MR) is 64.6 cm³/mol. The third-order valence-electron chi connectivity index (χ3n) is 3.01. The highest BCUT2D eigenvalue weighted by Gasteiger charge is 2.22. The van der Waals surface area contributed by atoms with Crippen LogP contribution in [0.15, 0.2) is 18.2 Å². The van der Waals surface area contributed by atoms with Crippen molar-refractivity contribution >= 4 is 5.69 Å².